The van der Waals surface area contributed by atoms with Crippen molar-refractivity contribution in [2.24, 2.45) is 0 Å². The van der Waals surface area contributed by atoms with Crippen LogP contribution in [-0.2, 0) is 4.79 Å². The molecule has 0 unspecified atom stereocenters. The molecule has 0 radical (unpaired) electrons. The highest BCUT2D eigenvalue weighted by Gasteiger charge is 2.04. The number of benzene rings is 3. The molecule has 0 aliphatic rings. The normalized spacial score (nSPS) is 11.1. The van der Waals surface area contributed by atoms with E-state index in [-0.39, 0.29) is 6.61 Å². The number of hydrogen-bond donors (Lipinski definition) is 1. The highest BCUT2D eigenvalue weighted by Crippen LogP contribution is 2.23. The summed E-state index contributed by atoms with van der Waals surface area (Å²) in [7, 11) is 0. The van der Waals surface area contributed by atoms with Gasteiger partial charge in [0.2, 0.25) is 0 Å². The van der Waals surface area contributed by atoms with Gasteiger partial charge in [0.1, 0.15) is 5.75 Å². The maximum atomic E-state index is 10.5. The van der Waals surface area contributed by atoms with Crippen molar-refractivity contribution in [3.05, 3.63) is 77.9 Å². The van der Waals surface area contributed by atoms with Crippen LogP contribution in [0.4, 0.5) is 0 Å². The van der Waals surface area contributed by atoms with Gasteiger partial charge in [-0.3, -0.25) is 0 Å². The lowest BCUT2D eigenvalue weighted by Crippen LogP contribution is -2.09. The van der Waals surface area contributed by atoms with Gasteiger partial charge in [0.15, 0.2) is 6.61 Å². The lowest BCUT2D eigenvalue weighted by Gasteiger charge is -2.05. The highest BCUT2D eigenvalue weighted by molar-refractivity contribution is 5.94. The Balaban J connectivity index is 1.86. The molecular weight excluding hydrogens is 314 g/mol. The first-order valence-corrected chi connectivity index (χ1v) is 7.71. The largest absolute Gasteiger partial charge is 0.482 e. The van der Waals surface area contributed by atoms with E-state index in [0.29, 0.717) is 11.3 Å². The lowest BCUT2D eigenvalue weighted by molar-refractivity contribution is -0.139. The number of ether oxygens (including phenoxy) is 1. The zero-order valence-electron chi connectivity index (χ0n) is 13.3. The van der Waals surface area contributed by atoms with Crippen molar-refractivity contribution < 1.29 is 14.6 Å². The molecular formula is C21H15NO3. The van der Waals surface area contributed by atoms with Gasteiger partial charge in [-0.1, -0.05) is 48.5 Å². The maximum absolute atomic E-state index is 10.5. The van der Waals surface area contributed by atoms with Crippen LogP contribution in [0.2, 0.25) is 0 Å². The molecule has 0 spiro atoms. The highest BCUT2D eigenvalue weighted by atomic mass is 16.5. The van der Waals surface area contributed by atoms with Gasteiger partial charge >= 0.3 is 5.97 Å². The summed E-state index contributed by atoms with van der Waals surface area (Å²) < 4.78 is 5.10. The van der Waals surface area contributed by atoms with Crippen molar-refractivity contribution in [2.45, 2.75) is 0 Å². The molecule has 4 nitrogen and oxygen atoms in total. The lowest BCUT2D eigenvalue weighted by atomic mass is 10.0. The summed E-state index contributed by atoms with van der Waals surface area (Å²) in [5.74, 6) is -0.546. The van der Waals surface area contributed by atoms with Gasteiger partial charge in [-0.05, 0) is 46.2 Å². The molecule has 0 heterocycles. The van der Waals surface area contributed by atoms with Crippen LogP contribution in [-0.4, -0.2) is 17.7 Å². The fourth-order valence-corrected chi connectivity index (χ4v) is 2.51. The number of carboxylic acids is 1. The summed E-state index contributed by atoms with van der Waals surface area (Å²) in [6.45, 7) is -0.379. The first kappa shape index (κ1) is 16.3. The van der Waals surface area contributed by atoms with Gasteiger partial charge in [0.05, 0.1) is 11.6 Å². The fourth-order valence-electron chi connectivity index (χ4n) is 2.51. The van der Waals surface area contributed by atoms with E-state index in [2.05, 4.69) is 6.07 Å². The van der Waals surface area contributed by atoms with Crippen LogP contribution >= 0.6 is 0 Å². The molecule has 0 aromatic heterocycles. The molecule has 0 aliphatic carbocycles. The first-order chi connectivity index (χ1) is 12.2. The molecule has 0 aliphatic heterocycles. The number of rotatable bonds is 5. The Labute approximate surface area is 145 Å². The second-order valence-corrected chi connectivity index (χ2v) is 5.48. The molecule has 0 saturated carbocycles. The molecule has 3 aromatic carbocycles. The van der Waals surface area contributed by atoms with E-state index in [9.17, 15) is 10.1 Å². The van der Waals surface area contributed by atoms with Crippen molar-refractivity contribution in [3.63, 3.8) is 0 Å². The number of aliphatic carboxylic acids is 1. The third-order valence-corrected chi connectivity index (χ3v) is 3.73. The average Bonchev–Trinajstić information content (AvgIpc) is 2.65. The molecule has 0 amide bonds. The Morgan fingerprint density at radius 1 is 1.04 bits per heavy atom. The van der Waals surface area contributed by atoms with Gasteiger partial charge in [-0.2, -0.15) is 5.26 Å². The Bertz CT molecular complexity index is 982. The second kappa shape index (κ2) is 7.33. The molecule has 25 heavy (non-hydrogen) atoms. The number of nitrogens with zero attached hydrogens (tertiary/aromatic N) is 1. The van der Waals surface area contributed by atoms with E-state index in [4.69, 9.17) is 9.84 Å². The summed E-state index contributed by atoms with van der Waals surface area (Å²) in [5, 5.41) is 20.3. The third-order valence-electron chi connectivity index (χ3n) is 3.73. The summed E-state index contributed by atoms with van der Waals surface area (Å²) in [5.41, 5.74) is 2.25. The van der Waals surface area contributed by atoms with Crippen LogP contribution in [0.1, 0.15) is 11.1 Å². The molecule has 4 heteroatoms. The molecule has 3 aromatic rings. The van der Waals surface area contributed by atoms with E-state index in [1.165, 1.54) is 0 Å². The number of fused-ring (bicyclic) bond motifs is 1. The summed E-state index contributed by atoms with van der Waals surface area (Å²) in [6.07, 6.45) is 1.80. The minimum Gasteiger partial charge on any atom is -0.482 e. The van der Waals surface area contributed by atoms with Crippen LogP contribution in [0.5, 0.6) is 5.75 Å². The Morgan fingerprint density at radius 3 is 2.44 bits per heavy atom. The molecule has 0 fully saturated rings. The van der Waals surface area contributed by atoms with Crippen molar-refractivity contribution in [2.75, 3.05) is 6.61 Å². The van der Waals surface area contributed by atoms with Crippen molar-refractivity contribution >= 4 is 28.4 Å². The van der Waals surface area contributed by atoms with E-state index in [0.717, 1.165) is 21.9 Å². The number of allylic oxidation sites excluding steroid dienone is 1. The summed E-state index contributed by atoms with van der Waals surface area (Å²) in [6, 6.07) is 23.1. The molecule has 122 valence electrons. The van der Waals surface area contributed by atoms with Gasteiger partial charge < -0.3 is 9.84 Å². The summed E-state index contributed by atoms with van der Waals surface area (Å²) in [4.78, 5) is 10.5. The Hall–Kier alpha value is -3.58. The van der Waals surface area contributed by atoms with Crippen LogP contribution < -0.4 is 4.74 Å². The van der Waals surface area contributed by atoms with Crippen LogP contribution in [0.25, 0.3) is 22.4 Å². The van der Waals surface area contributed by atoms with Gasteiger partial charge in [0, 0.05) is 0 Å². The van der Waals surface area contributed by atoms with Crippen LogP contribution in [0, 0.1) is 11.3 Å². The quantitative estimate of drug-likeness (QED) is 0.557. The Morgan fingerprint density at radius 2 is 1.76 bits per heavy atom. The average molecular weight is 329 g/mol. The first-order valence-electron chi connectivity index (χ1n) is 7.71. The number of hydrogen-bond acceptors (Lipinski definition) is 3. The number of carboxylic acid groups (broad SMARTS) is 1. The number of nitriles is 1. The molecule has 3 rings (SSSR count). The SMILES string of the molecule is N#C/C(=C/c1ccc(OCC(=O)O)cc1)c1ccc2ccccc2c1. The second-order valence-electron chi connectivity index (χ2n) is 5.48. The smallest absolute Gasteiger partial charge is 0.341 e. The molecule has 1 N–H and O–H groups in total. The maximum Gasteiger partial charge on any atom is 0.341 e. The fraction of sp³-hybridized carbons (Fsp3) is 0.0476. The van der Waals surface area contributed by atoms with Crippen molar-refractivity contribution in [3.8, 4) is 11.8 Å². The number of carbonyl (C=O) groups is 1. The monoisotopic (exact) mass is 329 g/mol. The predicted octanol–water partition coefficient (Wildman–Crippen LogP) is 4.37. The van der Waals surface area contributed by atoms with E-state index < -0.39 is 5.97 Å². The zero-order valence-corrected chi connectivity index (χ0v) is 13.3. The van der Waals surface area contributed by atoms with Gasteiger partial charge in [0.25, 0.3) is 0 Å². The van der Waals surface area contributed by atoms with E-state index in [1.54, 1.807) is 30.3 Å². The van der Waals surface area contributed by atoms with Gasteiger partial charge in [-0.15, -0.1) is 0 Å². The van der Waals surface area contributed by atoms with E-state index >= 15 is 0 Å². The zero-order chi connectivity index (χ0) is 17.6. The van der Waals surface area contributed by atoms with Crippen molar-refractivity contribution in [1.82, 2.24) is 0 Å². The van der Waals surface area contributed by atoms with Crippen molar-refractivity contribution in [1.29, 1.82) is 5.26 Å². The predicted molar refractivity (Wildman–Crippen MR) is 97.0 cm³/mol. The van der Waals surface area contributed by atoms with Crippen LogP contribution in [0.3, 0.4) is 0 Å². The molecule has 0 bridgehead atoms. The third kappa shape index (κ3) is 4.04. The minimum absolute atomic E-state index is 0.379. The molecule has 0 atom stereocenters. The standard InChI is InChI=1S/C21H15NO3/c22-13-19(18-8-7-16-3-1-2-4-17(16)12-18)11-15-5-9-20(10-6-15)25-14-21(23)24/h1-12H,14H2,(H,23,24)/b19-11-. The Kier molecular flexibility index (Phi) is 4.77. The molecule has 0 saturated heterocycles. The van der Waals surface area contributed by atoms with E-state index in [1.807, 2.05) is 42.5 Å². The van der Waals surface area contributed by atoms with Gasteiger partial charge in [-0.25, -0.2) is 4.79 Å². The summed E-state index contributed by atoms with van der Waals surface area (Å²) >= 11 is 0. The van der Waals surface area contributed by atoms with Crippen LogP contribution in [0.15, 0.2) is 66.7 Å². The minimum atomic E-state index is -1.02. The topological polar surface area (TPSA) is 70.3 Å².